The van der Waals surface area contributed by atoms with Crippen molar-refractivity contribution in [1.82, 2.24) is 19.6 Å². The smallest absolute Gasteiger partial charge is 0.462 e. The standard InChI is InChI=1S/C18H15F4N5O5S/c1-2-31-16(28)11-9-24-27-6-3-13(25-14(11)27)26-17(4-5-17)12-7-10(19)8-23-15(12)32-33(29,30)18(20,21)22/h3,6-9H,2,4-5H2,1H3,(H,25,26). The SMILES string of the molecule is CCOC(=O)c1cnn2ccc(NC3(c4cc(F)cnc4OS(=O)(=O)C(F)(F)F)CC3)nc12. The molecule has 4 rings (SSSR count). The second kappa shape index (κ2) is 7.83. The van der Waals surface area contributed by atoms with Gasteiger partial charge in [-0.1, -0.05) is 0 Å². The fourth-order valence-electron chi connectivity index (χ4n) is 3.11. The van der Waals surface area contributed by atoms with Gasteiger partial charge in [0.05, 0.1) is 24.5 Å². The number of rotatable bonds is 7. The van der Waals surface area contributed by atoms with Crippen molar-refractivity contribution in [2.24, 2.45) is 0 Å². The molecule has 15 heteroatoms. The fourth-order valence-corrected chi connectivity index (χ4v) is 3.55. The molecule has 1 N–H and O–H groups in total. The molecule has 0 aromatic carbocycles. The molecule has 0 radical (unpaired) electrons. The Morgan fingerprint density at radius 2 is 2.03 bits per heavy atom. The zero-order chi connectivity index (χ0) is 24.0. The summed E-state index contributed by atoms with van der Waals surface area (Å²) in [4.78, 5) is 19.8. The summed E-state index contributed by atoms with van der Waals surface area (Å²) in [5.74, 6) is -2.30. The Balaban J connectivity index is 1.69. The molecule has 0 aliphatic heterocycles. The van der Waals surface area contributed by atoms with Gasteiger partial charge in [0.1, 0.15) is 17.2 Å². The number of anilines is 1. The van der Waals surface area contributed by atoms with Gasteiger partial charge in [-0.2, -0.15) is 26.7 Å². The van der Waals surface area contributed by atoms with Crippen LogP contribution in [0.5, 0.6) is 5.88 Å². The summed E-state index contributed by atoms with van der Waals surface area (Å²) in [7, 11) is -6.02. The van der Waals surface area contributed by atoms with Gasteiger partial charge in [0.2, 0.25) is 5.88 Å². The largest absolute Gasteiger partial charge is 0.534 e. The molecule has 0 spiro atoms. The first kappa shape index (κ1) is 22.7. The summed E-state index contributed by atoms with van der Waals surface area (Å²) in [5, 5.41) is 6.95. The predicted molar refractivity (Wildman–Crippen MR) is 103 cm³/mol. The Kier molecular flexibility index (Phi) is 5.38. The molecule has 1 fully saturated rings. The number of halogens is 4. The Morgan fingerprint density at radius 1 is 1.30 bits per heavy atom. The van der Waals surface area contributed by atoms with Gasteiger partial charge in [-0.3, -0.25) is 0 Å². The summed E-state index contributed by atoms with van der Waals surface area (Å²) in [6.45, 7) is 1.76. The van der Waals surface area contributed by atoms with Crippen LogP contribution in [0.2, 0.25) is 0 Å². The summed E-state index contributed by atoms with van der Waals surface area (Å²) in [6, 6.07) is 2.31. The maximum absolute atomic E-state index is 13.9. The topological polar surface area (TPSA) is 125 Å². The number of fused-ring (bicyclic) bond motifs is 1. The monoisotopic (exact) mass is 489 g/mol. The Hall–Kier alpha value is -3.49. The Bertz CT molecular complexity index is 1340. The summed E-state index contributed by atoms with van der Waals surface area (Å²) < 4.78 is 85.6. The first-order valence-corrected chi connectivity index (χ1v) is 10.8. The maximum atomic E-state index is 13.9. The number of hydrogen-bond acceptors (Lipinski definition) is 9. The van der Waals surface area contributed by atoms with Crippen molar-refractivity contribution in [2.75, 3.05) is 11.9 Å². The number of carbonyl (C=O) groups excluding carboxylic acids is 1. The lowest BCUT2D eigenvalue weighted by atomic mass is 10.1. The molecule has 3 aromatic rings. The number of nitrogens with zero attached hydrogens (tertiary/aromatic N) is 4. The number of alkyl halides is 3. The second-order valence-electron chi connectivity index (χ2n) is 7.06. The van der Waals surface area contributed by atoms with E-state index in [9.17, 15) is 30.8 Å². The summed E-state index contributed by atoms with van der Waals surface area (Å²) in [5.41, 5.74) is -6.89. The van der Waals surface area contributed by atoms with Crippen molar-refractivity contribution in [3.8, 4) is 5.88 Å². The van der Waals surface area contributed by atoms with E-state index in [1.165, 1.54) is 23.0 Å². The Labute approximate surface area is 183 Å². The number of carbonyl (C=O) groups is 1. The quantitative estimate of drug-likeness (QED) is 0.231. The number of hydrogen-bond donors (Lipinski definition) is 1. The first-order chi connectivity index (χ1) is 15.5. The number of aromatic nitrogens is 4. The number of pyridine rings is 1. The molecule has 3 aromatic heterocycles. The van der Waals surface area contributed by atoms with Crippen LogP contribution in [0.1, 0.15) is 35.7 Å². The third-order valence-corrected chi connectivity index (χ3v) is 5.73. The molecule has 3 heterocycles. The zero-order valence-electron chi connectivity index (χ0n) is 16.8. The molecule has 0 bridgehead atoms. The Morgan fingerprint density at radius 3 is 2.67 bits per heavy atom. The van der Waals surface area contributed by atoms with Crippen LogP contribution in [-0.4, -0.2) is 46.1 Å². The van der Waals surface area contributed by atoms with Crippen molar-refractivity contribution in [3.63, 3.8) is 0 Å². The van der Waals surface area contributed by atoms with Gasteiger partial charge in [-0.05, 0) is 31.9 Å². The van der Waals surface area contributed by atoms with Gasteiger partial charge in [-0.25, -0.2) is 23.7 Å². The van der Waals surface area contributed by atoms with E-state index in [-0.39, 0.29) is 42.0 Å². The third-order valence-electron chi connectivity index (χ3n) is 4.79. The second-order valence-corrected chi connectivity index (χ2v) is 8.59. The van der Waals surface area contributed by atoms with E-state index in [2.05, 4.69) is 24.6 Å². The van der Waals surface area contributed by atoms with Gasteiger partial charge in [0.25, 0.3) is 0 Å². The van der Waals surface area contributed by atoms with Crippen LogP contribution in [0.15, 0.2) is 30.7 Å². The number of nitrogens with one attached hydrogen (secondary N) is 1. The lowest BCUT2D eigenvalue weighted by Gasteiger charge is -2.21. The van der Waals surface area contributed by atoms with Crippen LogP contribution in [0.3, 0.4) is 0 Å². The fraction of sp³-hybridized carbons (Fsp3) is 0.333. The molecule has 1 aliphatic rings. The van der Waals surface area contributed by atoms with Gasteiger partial charge in [0.15, 0.2) is 5.65 Å². The molecule has 0 unspecified atom stereocenters. The highest BCUT2D eigenvalue weighted by atomic mass is 32.2. The van der Waals surface area contributed by atoms with E-state index in [1.807, 2.05) is 0 Å². The van der Waals surface area contributed by atoms with E-state index >= 15 is 0 Å². The number of ether oxygens (including phenoxy) is 1. The molecule has 10 nitrogen and oxygen atoms in total. The van der Waals surface area contributed by atoms with Crippen LogP contribution in [0.25, 0.3) is 5.65 Å². The molecular formula is C18H15F4N5O5S. The van der Waals surface area contributed by atoms with Crippen LogP contribution < -0.4 is 9.50 Å². The van der Waals surface area contributed by atoms with E-state index in [0.29, 0.717) is 6.20 Å². The first-order valence-electron chi connectivity index (χ1n) is 9.42. The predicted octanol–water partition coefficient (Wildman–Crippen LogP) is 2.77. The van der Waals surface area contributed by atoms with E-state index in [4.69, 9.17) is 4.74 Å². The van der Waals surface area contributed by atoms with E-state index in [0.717, 1.165) is 6.07 Å². The van der Waals surface area contributed by atoms with Crippen LogP contribution in [0.4, 0.5) is 23.4 Å². The summed E-state index contributed by atoms with van der Waals surface area (Å²) >= 11 is 0. The minimum Gasteiger partial charge on any atom is -0.462 e. The third kappa shape index (κ3) is 4.27. The highest BCUT2D eigenvalue weighted by Crippen LogP contribution is 2.51. The van der Waals surface area contributed by atoms with E-state index in [1.54, 1.807) is 6.92 Å². The van der Waals surface area contributed by atoms with Gasteiger partial charge < -0.3 is 14.2 Å². The minimum atomic E-state index is -6.02. The molecule has 0 saturated heterocycles. The van der Waals surface area contributed by atoms with Crippen molar-refractivity contribution >= 4 is 27.6 Å². The maximum Gasteiger partial charge on any atom is 0.534 e. The molecule has 1 aliphatic carbocycles. The highest BCUT2D eigenvalue weighted by Gasteiger charge is 2.52. The average molecular weight is 489 g/mol. The van der Waals surface area contributed by atoms with Crippen LogP contribution >= 0.6 is 0 Å². The normalized spacial score (nSPS) is 15.3. The minimum absolute atomic E-state index is 0.0815. The lowest BCUT2D eigenvalue weighted by Crippen LogP contribution is -2.30. The van der Waals surface area contributed by atoms with Crippen molar-refractivity contribution in [3.05, 3.63) is 47.7 Å². The highest BCUT2D eigenvalue weighted by molar-refractivity contribution is 7.87. The molecule has 1 saturated carbocycles. The lowest BCUT2D eigenvalue weighted by molar-refractivity contribution is -0.0501. The van der Waals surface area contributed by atoms with Crippen LogP contribution in [0, 0.1) is 5.82 Å². The van der Waals surface area contributed by atoms with Gasteiger partial charge >= 0.3 is 21.6 Å². The van der Waals surface area contributed by atoms with Crippen LogP contribution in [-0.2, 0) is 20.4 Å². The molecular weight excluding hydrogens is 474 g/mol. The van der Waals surface area contributed by atoms with Gasteiger partial charge in [0, 0.05) is 11.8 Å². The molecule has 0 atom stereocenters. The van der Waals surface area contributed by atoms with Crippen molar-refractivity contribution < 1.29 is 39.7 Å². The summed E-state index contributed by atoms with van der Waals surface area (Å²) in [6.07, 6.45) is 3.86. The van der Waals surface area contributed by atoms with Gasteiger partial charge in [-0.15, -0.1) is 0 Å². The molecule has 0 amide bonds. The number of esters is 1. The van der Waals surface area contributed by atoms with Crippen molar-refractivity contribution in [1.29, 1.82) is 0 Å². The van der Waals surface area contributed by atoms with E-state index < -0.39 is 38.8 Å². The molecule has 33 heavy (non-hydrogen) atoms. The zero-order valence-corrected chi connectivity index (χ0v) is 17.6. The molecule has 176 valence electrons. The average Bonchev–Trinajstić information content (AvgIpc) is 3.38. The van der Waals surface area contributed by atoms with Crippen molar-refractivity contribution in [2.45, 2.75) is 30.8 Å².